The second-order valence-electron chi connectivity index (χ2n) is 5.90. The van der Waals surface area contributed by atoms with E-state index >= 15 is 0 Å². The lowest BCUT2D eigenvalue weighted by molar-refractivity contribution is 0.122. The number of aromatic amines is 1. The molecule has 0 bridgehead atoms. The normalized spacial score (nSPS) is 15.0. The third kappa shape index (κ3) is 3.03. The van der Waals surface area contributed by atoms with Gasteiger partial charge in [-0.2, -0.15) is 9.97 Å². The zero-order chi connectivity index (χ0) is 16.4. The lowest BCUT2D eigenvalue weighted by Gasteiger charge is -2.27. The van der Waals surface area contributed by atoms with Crippen molar-refractivity contribution in [2.45, 2.75) is 13.5 Å². The quantitative estimate of drug-likeness (QED) is 0.765. The zero-order valence-corrected chi connectivity index (χ0v) is 13.6. The number of aromatic nitrogens is 4. The SMILES string of the molecule is Cc1cc2c(NCc3ccncc3)nc(N3CCOCC3)nc2[nH]1. The fourth-order valence-electron chi connectivity index (χ4n) is 2.85. The van der Waals surface area contributed by atoms with Crippen LogP contribution in [0, 0.1) is 6.92 Å². The van der Waals surface area contributed by atoms with Gasteiger partial charge in [0, 0.05) is 37.7 Å². The summed E-state index contributed by atoms with van der Waals surface area (Å²) in [5.41, 5.74) is 3.10. The number of morpholine rings is 1. The topological polar surface area (TPSA) is 79.0 Å². The number of hydrogen-bond donors (Lipinski definition) is 2. The third-order valence-electron chi connectivity index (χ3n) is 4.11. The Balaban J connectivity index is 1.66. The molecule has 7 nitrogen and oxygen atoms in total. The van der Waals surface area contributed by atoms with Gasteiger partial charge >= 0.3 is 0 Å². The summed E-state index contributed by atoms with van der Waals surface area (Å²) in [5.74, 6) is 1.59. The number of ether oxygens (including phenoxy) is 1. The van der Waals surface area contributed by atoms with Gasteiger partial charge in [-0.3, -0.25) is 4.98 Å². The number of rotatable bonds is 4. The van der Waals surface area contributed by atoms with Crippen molar-refractivity contribution in [3.63, 3.8) is 0 Å². The van der Waals surface area contributed by atoms with E-state index in [-0.39, 0.29) is 0 Å². The van der Waals surface area contributed by atoms with Crippen LogP contribution in [-0.2, 0) is 11.3 Å². The molecule has 0 unspecified atom stereocenters. The minimum atomic E-state index is 0.696. The van der Waals surface area contributed by atoms with E-state index < -0.39 is 0 Å². The molecule has 1 fully saturated rings. The highest BCUT2D eigenvalue weighted by atomic mass is 16.5. The van der Waals surface area contributed by atoms with Gasteiger partial charge in [0.25, 0.3) is 0 Å². The van der Waals surface area contributed by atoms with Crippen LogP contribution in [0.25, 0.3) is 11.0 Å². The molecule has 4 heterocycles. The first kappa shape index (κ1) is 14.9. The Bertz CT molecular complexity index is 826. The average Bonchev–Trinajstić information content (AvgIpc) is 3.01. The molecule has 3 aromatic rings. The summed E-state index contributed by atoms with van der Waals surface area (Å²) in [4.78, 5) is 19.0. The van der Waals surface area contributed by atoms with Crippen molar-refractivity contribution in [2.24, 2.45) is 0 Å². The Kier molecular flexibility index (Phi) is 4.00. The summed E-state index contributed by atoms with van der Waals surface area (Å²) in [6.07, 6.45) is 3.60. The van der Waals surface area contributed by atoms with E-state index in [0.29, 0.717) is 19.8 Å². The van der Waals surface area contributed by atoms with Crippen LogP contribution in [-0.4, -0.2) is 46.2 Å². The number of anilines is 2. The van der Waals surface area contributed by atoms with Gasteiger partial charge in [0.05, 0.1) is 18.6 Å². The minimum absolute atomic E-state index is 0.696. The Hall–Kier alpha value is -2.67. The second kappa shape index (κ2) is 6.45. The summed E-state index contributed by atoms with van der Waals surface area (Å²) in [7, 11) is 0. The molecule has 1 aliphatic heterocycles. The van der Waals surface area contributed by atoms with Crippen LogP contribution in [0.15, 0.2) is 30.6 Å². The lowest BCUT2D eigenvalue weighted by atomic mass is 10.2. The van der Waals surface area contributed by atoms with Crippen molar-refractivity contribution < 1.29 is 4.74 Å². The van der Waals surface area contributed by atoms with Crippen LogP contribution < -0.4 is 10.2 Å². The van der Waals surface area contributed by atoms with Gasteiger partial charge in [-0.25, -0.2) is 0 Å². The molecule has 1 saturated heterocycles. The van der Waals surface area contributed by atoms with Crippen LogP contribution >= 0.6 is 0 Å². The smallest absolute Gasteiger partial charge is 0.229 e. The van der Waals surface area contributed by atoms with Crippen molar-refractivity contribution in [1.29, 1.82) is 0 Å². The van der Waals surface area contributed by atoms with Gasteiger partial charge in [0.1, 0.15) is 11.5 Å². The van der Waals surface area contributed by atoms with Crippen molar-refractivity contribution in [3.8, 4) is 0 Å². The number of fused-ring (bicyclic) bond motifs is 1. The number of H-pyrrole nitrogens is 1. The van der Waals surface area contributed by atoms with E-state index in [2.05, 4.69) is 31.2 Å². The summed E-state index contributed by atoms with van der Waals surface area (Å²) in [6, 6.07) is 6.07. The second-order valence-corrected chi connectivity index (χ2v) is 5.90. The molecule has 124 valence electrons. The van der Waals surface area contributed by atoms with E-state index in [0.717, 1.165) is 47.1 Å². The van der Waals surface area contributed by atoms with Gasteiger partial charge in [0.15, 0.2) is 0 Å². The highest BCUT2D eigenvalue weighted by Gasteiger charge is 2.17. The fourth-order valence-corrected chi connectivity index (χ4v) is 2.85. The van der Waals surface area contributed by atoms with E-state index in [1.807, 2.05) is 19.1 Å². The maximum absolute atomic E-state index is 5.42. The van der Waals surface area contributed by atoms with Gasteiger partial charge < -0.3 is 19.9 Å². The molecule has 0 aliphatic carbocycles. The summed E-state index contributed by atoms with van der Waals surface area (Å²) in [5, 5.41) is 4.45. The van der Waals surface area contributed by atoms with Gasteiger partial charge in [-0.1, -0.05) is 0 Å². The molecule has 0 saturated carbocycles. The Morgan fingerprint density at radius 1 is 1.21 bits per heavy atom. The molecule has 3 aromatic heterocycles. The molecule has 0 amide bonds. The van der Waals surface area contributed by atoms with Crippen LogP contribution in [0.3, 0.4) is 0 Å². The number of nitrogens with zero attached hydrogens (tertiary/aromatic N) is 4. The molecular formula is C17H20N6O. The summed E-state index contributed by atoms with van der Waals surface area (Å²) in [6.45, 7) is 5.78. The molecular weight excluding hydrogens is 304 g/mol. The van der Waals surface area contributed by atoms with Crippen LogP contribution in [0.5, 0.6) is 0 Å². The summed E-state index contributed by atoms with van der Waals surface area (Å²) < 4.78 is 5.42. The van der Waals surface area contributed by atoms with Gasteiger partial charge in [-0.15, -0.1) is 0 Å². The predicted octanol–water partition coefficient (Wildman–Crippen LogP) is 2.11. The maximum atomic E-state index is 5.42. The Morgan fingerprint density at radius 2 is 2.00 bits per heavy atom. The number of pyridine rings is 1. The van der Waals surface area contributed by atoms with E-state index in [1.165, 1.54) is 0 Å². The number of aryl methyl sites for hydroxylation is 1. The third-order valence-corrected chi connectivity index (χ3v) is 4.11. The Labute approximate surface area is 140 Å². The van der Waals surface area contributed by atoms with E-state index in [4.69, 9.17) is 9.72 Å². The zero-order valence-electron chi connectivity index (χ0n) is 13.6. The Morgan fingerprint density at radius 3 is 2.79 bits per heavy atom. The molecule has 2 N–H and O–H groups in total. The predicted molar refractivity (Wildman–Crippen MR) is 93.2 cm³/mol. The highest BCUT2D eigenvalue weighted by molar-refractivity contribution is 5.89. The van der Waals surface area contributed by atoms with Crippen LogP contribution in [0.4, 0.5) is 11.8 Å². The first-order valence-corrected chi connectivity index (χ1v) is 8.12. The molecule has 0 spiro atoms. The monoisotopic (exact) mass is 324 g/mol. The molecule has 24 heavy (non-hydrogen) atoms. The molecule has 0 atom stereocenters. The lowest BCUT2D eigenvalue weighted by Crippen LogP contribution is -2.37. The number of nitrogens with one attached hydrogen (secondary N) is 2. The van der Waals surface area contributed by atoms with Crippen molar-refractivity contribution >= 4 is 22.8 Å². The standard InChI is InChI=1S/C17H20N6O/c1-12-10-14-15(19-11-13-2-4-18-5-3-13)21-17(22-16(14)20-12)23-6-8-24-9-7-23/h2-5,10H,6-9,11H2,1H3,(H2,19,20,21,22). The van der Waals surface area contributed by atoms with Crippen molar-refractivity contribution in [2.75, 3.05) is 36.5 Å². The molecule has 1 aliphatic rings. The fraction of sp³-hybridized carbons (Fsp3) is 0.353. The van der Waals surface area contributed by atoms with Crippen LogP contribution in [0.2, 0.25) is 0 Å². The summed E-state index contributed by atoms with van der Waals surface area (Å²) >= 11 is 0. The highest BCUT2D eigenvalue weighted by Crippen LogP contribution is 2.25. The molecule has 0 aromatic carbocycles. The average molecular weight is 324 g/mol. The van der Waals surface area contributed by atoms with Crippen molar-refractivity contribution in [1.82, 2.24) is 19.9 Å². The largest absolute Gasteiger partial charge is 0.378 e. The molecule has 4 rings (SSSR count). The minimum Gasteiger partial charge on any atom is -0.378 e. The first-order chi connectivity index (χ1) is 11.8. The number of hydrogen-bond acceptors (Lipinski definition) is 6. The first-order valence-electron chi connectivity index (χ1n) is 8.12. The molecule has 7 heteroatoms. The van der Waals surface area contributed by atoms with Gasteiger partial charge in [0.2, 0.25) is 5.95 Å². The molecule has 0 radical (unpaired) electrons. The maximum Gasteiger partial charge on any atom is 0.229 e. The van der Waals surface area contributed by atoms with Gasteiger partial charge in [-0.05, 0) is 30.7 Å². The van der Waals surface area contributed by atoms with E-state index in [9.17, 15) is 0 Å². The van der Waals surface area contributed by atoms with E-state index in [1.54, 1.807) is 12.4 Å². The van der Waals surface area contributed by atoms with Crippen molar-refractivity contribution in [3.05, 3.63) is 41.9 Å². The van der Waals surface area contributed by atoms with Crippen LogP contribution in [0.1, 0.15) is 11.3 Å².